The smallest absolute Gasteiger partial charge is 0.243 e. The molecule has 44 heavy (non-hydrogen) atoms. The van der Waals surface area contributed by atoms with Crippen LogP contribution in [0.1, 0.15) is 68.1 Å². The van der Waals surface area contributed by atoms with E-state index in [9.17, 15) is 19.2 Å². The number of carbonyl (C=O) groups excluding carboxylic acids is 4. The number of nitrogens with one attached hydrogen (secondary N) is 3. The van der Waals surface area contributed by atoms with Gasteiger partial charge in [0.1, 0.15) is 30.9 Å². The summed E-state index contributed by atoms with van der Waals surface area (Å²) in [6.45, 7) is 1.19. The predicted octanol–water partition coefficient (Wildman–Crippen LogP) is 1.24. The molecule has 0 bridgehead atoms. The number of rotatable bonds is 12. The van der Waals surface area contributed by atoms with E-state index < -0.39 is 35.7 Å². The second-order valence-corrected chi connectivity index (χ2v) is 12.2. The van der Waals surface area contributed by atoms with Gasteiger partial charge in [0.15, 0.2) is 12.4 Å². The zero-order valence-electron chi connectivity index (χ0n) is 25.6. The number of hydrogen-bond donors (Lipinski definition) is 5. The molecule has 2 heterocycles. The van der Waals surface area contributed by atoms with E-state index in [1.807, 2.05) is 36.1 Å². The summed E-state index contributed by atoms with van der Waals surface area (Å²) >= 11 is 0. The normalized spacial score (nSPS) is 17.6. The Morgan fingerprint density at radius 1 is 0.886 bits per heavy atom. The summed E-state index contributed by atoms with van der Waals surface area (Å²) in [4.78, 5) is 55.8. The van der Waals surface area contributed by atoms with Crippen LogP contribution >= 0.6 is 0 Å². The van der Waals surface area contributed by atoms with Crippen molar-refractivity contribution in [1.82, 2.24) is 15.5 Å². The van der Waals surface area contributed by atoms with Gasteiger partial charge in [-0.1, -0.05) is 43.5 Å². The summed E-state index contributed by atoms with van der Waals surface area (Å²) in [5.74, 6) is -3.12. The molecule has 0 radical (unpaired) electrons. The highest BCUT2D eigenvalue weighted by Gasteiger charge is 2.38. The van der Waals surface area contributed by atoms with Gasteiger partial charge in [0.2, 0.25) is 23.6 Å². The van der Waals surface area contributed by atoms with Crippen molar-refractivity contribution < 1.29 is 23.7 Å². The zero-order valence-corrected chi connectivity index (χ0v) is 25.6. The van der Waals surface area contributed by atoms with Gasteiger partial charge in [0.05, 0.1) is 0 Å². The molecule has 1 aromatic carbocycles. The first-order chi connectivity index (χ1) is 21.1. The van der Waals surface area contributed by atoms with Gasteiger partial charge in [-0.25, -0.2) is 4.57 Å². The topological polar surface area (TPSA) is 175 Å². The number of piperidine rings is 1. The molecule has 1 saturated heterocycles. The van der Waals surface area contributed by atoms with Gasteiger partial charge < -0.3 is 27.0 Å². The second kappa shape index (κ2) is 15.4. The van der Waals surface area contributed by atoms with Gasteiger partial charge in [-0.2, -0.15) is 0 Å². The summed E-state index contributed by atoms with van der Waals surface area (Å²) < 4.78 is 1.85. The summed E-state index contributed by atoms with van der Waals surface area (Å²) in [6.07, 6.45) is 11.3. The molecular weight excluding hydrogens is 558 g/mol. The quantitative estimate of drug-likeness (QED) is 0.106. The Balaban J connectivity index is 1.57. The van der Waals surface area contributed by atoms with E-state index in [1.165, 1.54) is 0 Å². The van der Waals surface area contributed by atoms with Gasteiger partial charge in [-0.3, -0.25) is 24.6 Å². The number of primary amides is 1. The maximum atomic E-state index is 14.0. The van der Waals surface area contributed by atoms with E-state index in [2.05, 4.69) is 10.6 Å². The van der Waals surface area contributed by atoms with Crippen LogP contribution < -0.4 is 26.7 Å². The summed E-state index contributed by atoms with van der Waals surface area (Å²) in [6, 6.07) is 8.79. The Morgan fingerprint density at radius 3 is 2.16 bits per heavy atom. The van der Waals surface area contributed by atoms with Crippen LogP contribution in [0.2, 0.25) is 0 Å². The molecule has 1 saturated carbocycles. The van der Waals surface area contributed by atoms with E-state index in [4.69, 9.17) is 16.9 Å². The van der Waals surface area contributed by atoms with Crippen molar-refractivity contribution in [2.45, 2.75) is 76.3 Å². The monoisotopic (exact) mass is 604 g/mol. The number of amides is 4. The molecule has 1 aliphatic heterocycles. The van der Waals surface area contributed by atoms with Gasteiger partial charge >= 0.3 is 0 Å². The maximum absolute atomic E-state index is 14.0. The standard InChI is InChI=1S/C33H45N7O4/c1-39-16-8-9-23(21-39)20-27(30(36)41)37-32(43)28(24-10-4-2-5-11-24)38-31(42)26(33(44)40-17-6-3-7-18-40)19-22-12-14-25(15-13-22)29(34)35/h8-9,12-16,21,24,26-28H,2-7,10-11,17-20H2,1H3,(H6-,34,35,36,37,38,41,42,43)/p+1/t26?,27-,28-/m0/s1. The van der Waals surface area contributed by atoms with Crippen molar-refractivity contribution >= 4 is 29.5 Å². The minimum absolute atomic E-state index is 0.0630. The lowest BCUT2D eigenvalue weighted by Gasteiger charge is -2.33. The number of aromatic nitrogens is 1. The molecule has 11 heteroatoms. The van der Waals surface area contributed by atoms with E-state index in [0.717, 1.165) is 62.5 Å². The lowest BCUT2D eigenvalue weighted by molar-refractivity contribution is -0.671. The predicted molar refractivity (Wildman–Crippen MR) is 166 cm³/mol. The molecule has 1 unspecified atom stereocenters. The number of amidine groups is 1. The van der Waals surface area contributed by atoms with Gasteiger partial charge in [-0.15, -0.1) is 0 Å². The van der Waals surface area contributed by atoms with Crippen LogP contribution in [0.5, 0.6) is 0 Å². The van der Waals surface area contributed by atoms with Gasteiger partial charge in [-0.05, 0) is 56.1 Å². The maximum Gasteiger partial charge on any atom is 0.243 e. The fraction of sp³-hybridized carbons (Fsp3) is 0.515. The van der Waals surface area contributed by atoms with Crippen molar-refractivity contribution in [2.24, 2.45) is 30.4 Å². The highest BCUT2D eigenvalue weighted by Crippen LogP contribution is 2.27. The number of pyridine rings is 1. The molecule has 3 atom stereocenters. The van der Waals surface area contributed by atoms with Crippen molar-refractivity contribution in [3.63, 3.8) is 0 Å². The number of nitrogens with two attached hydrogens (primary N) is 2. The number of hydrogen-bond acceptors (Lipinski definition) is 5. The Morgan fingerprint density at radius 2 is 1.55 bits per heavy atom. The van der Waals surface area contributed by atoms with Crippen LogP contribution in [0.3, 0.4) is 0 Å². The number of nitrogens with zero attached hydrogens (tertiary/aromatic N) is 2. The fourth-order valence-electron chi connectivity index (χ4n) is 6.29. The van der Waals surface area contributed by atoms with E-state index in [0.29, 0.717) is 18.7 Å². The van der Waals surface area contributed by atoms with Crippen LogP contribution in [-0.4, -0.2) is 59.5 Å². The third kappa shape index (κ3) is 8.87. The molecule has 4 amide bonds. The van der Waals surface area contributed by atoms with Crippen molar-refractivity contribution in [3.8, 4) is 0 Å². The van der Waals surface area contributed by atoms with Gasteiger partial charge in [0.25, 0.3) is 0 Å². The zero-order chi connectivity index (χ0) is 31.6. The van der Waals surface area contributed by atoms with Crippen LogP contribution in [-0.2, 0) is 39.1 Å². The Bertz CT molecular complexity index is 1330. The molecule has 2 aromatic rings. The van der Waals surface area contributed by atoms with Crippen molar-refractivity contribution in [1.29, 1.82) is 5.41 Å². The molecular formula is C33H46N7O4+. The van der Waals surface area contributed by atoms with E-state index >= 15 is 0 Å². The Labute approximate surface area is 259 Å². The second-order valence-electron chi connectivity index (χ2n) is 12.2. The molecule has 2 fully saturated rings. The minimum Gasteiger partial charge on any atom is -0.384 e. The molecule has 4 rings (SSSR count). The number of carbonyl (C=O) groups is 4. The summed E-state index contributed by atoms with van der Waals surface area (Å²) in [7, 11) is 1.87. The molecule has 1 aromatic heterocycles. The van der Waals surface area contributed by atoms with Crippen molar-refractivity contribution in [2.75, 3.05) is 13.1 Å². The molecule has 7 N–H and O–H groups in total. The lowest BCUT2D eigenvalue weighted by atomic mass is 9.83. The third-order valence-electron chi connectivity index (χ3n) is 8.79. The fourth-order valence-corrected chi connectivity index (χ4v) is 6.29. The molecule has 236 valence electrons. The van der Waals surface area contributed by atoms with E-state index in [1.54, 1.807) is 29.2 Å². The Kier molecular flexibility index (Phi) is 11.5. The SMILES string of the molecule is C[n+]1cccc(C[C@H](NC(=O)[C@@H](NC(=O)C(Cc2ccc(C(=N)N)cc2)C(=O)N2CCCCC2)C2CCCCC2)C(N)=O)c1. The number of benzene rings is 1. The van der Waals surface area contributed by atoms with Crippen LogP contribution in [0.15, 0.2) is 48.8 Å². The Hall–Kier alpha value is -4.28. The highest BCUT2D eigenvalue weighted by atomic mass is 16.2. The molecule has 0 spiro atoms. The first-order valence-corrected chi connectivity index (χ1v) is 15.7. The van der Waals surface area contributed by atoms with Crippen molar-refractivity contribution in [3.05, 3.63) is 65.5 Å². The van der Waals surface area contributed by atoms with Crippen LogP contribution in [0.4, 0.5) is 0 Å². The highest BCUT2D eigenvalue weighted by molar-refractivity contribution is 6.02. The minimum atomic E-state index is -1.04. The molecule has 2 aliphatic rings. The first kappa shape index (κ1) is 32.6. The molecule has 11 nitrogen and oxygen atoms in total. The number of aryl methyl sites for hydroxylation is 1. The van der Waals surface area contributed by atoms with Gasteiger partial charge in [0, 0.05) is 36.7 Å². The van der Waals surface area contributed by atoms with E-state index in [-0.39, 0.29) is 30.5 Å². The van der Waals surface area contributed by atoms with Crippen LogP contribution in [0.25, 0.3) is 0 Å². The largest absolute Gasteiger partial charge is 0.384 e. The summed E-state index contributed by atoms with van der Waals surface area (Å²) in [5, 5.41) is 13.4. The average Bonchev–Trinajstić information content (AvgIpc) is 3.02. The lowest BCUT2D eigenvalue weighted by Crippen LogP contribution is -2.58. The van der Waals surface area contributed by atoms with Crippen LogP contribution in [0, 0.1) is 17.2 Å². The number of nitrogen functional groups attached to an aromatic ring is 1. The third-order valence-corrected chi connectivity index (χ3v) is 8.79. The number of likely N-dealkylation sites (tertiary alicyclic amines) is 1. The average molecular weight is 605 g/mol. The molecule has 1 aliphatic carbocycles. The first-order valence-electron chi connectivity index (χ1n) is 15.7. The summed E-state index contributed by atoms with van der Waals surface area (Å²) in [5.41, 5.74) is 13.5.